The quantitative estimate of drug-likeness (QED) is 0.695. The van der Waals surface area contributed by atoms with E-state index in [4.69, 9.17) is 18.9 Å². The van der Waals surface area contributed by atoms with Gasteiger partial charge in [0.25, 0.3) is 0 Å². The highest BCUT2D eigenvalue weighted by Crippen LogP contribution is 2.44. The van der Waals surface area contributed by atoms with Gasteiger partial charge in [-0.3, -0.25) is 9.59 Å². The molecule has 2 fully saturated rings. The summed E-state index contributed by atoms with van der Waals surface area (Å²) < 4.78 is 23.0. The van der Waals surface area contributed by atoms with Gasteiger partial charge in [0.2, 0.25) is 0 Å². The highest BCUT2D eigenvalue weighted by Gasteiger charge is 2.54. The predicted molar refractivity (Wildman–Crippen MR) is 93.2 cm³/mol. The molecule has 1 saturated carbocycles. The Morgan fingerprint density at radius 1 is 1.15 bits per heavy atom. The van der Waals surface area contributed by atoms with Gasteiger partial charge in [-0.1, -0.05) is 30.3 Å². The molecule has 26 heavy (non-hydrogen) atoms. The molecule has 2 aliphatic rings. The van der Waals surface area contributed by atoms with Gasteiger partial charge in [-0.2, -0.15) is 0 Å². The molecule has 0 bridgehead atoms. The Morgan fingerprint density at radius 3 is 2.54 bits per heavy atom. The molecule has 0 unspecified atom stereocenters. The number of esters is 1. The van der Waals surface area contributed by atoms with Gasteiger partial charge in [-0.15, -0.1) is 0 Å². The molecule has 6 heteroatoms. The van der Waals surface area contributed by atoms with Gasteiger partial charge < -0.3 is 18.9 Å². The van der Waals surface area contributed by atoms with Gasteiger partial charge in [-0.25, -0.2) is 0 Å². The van der Waals surface area contributed by atoms with Crippen molar-refractivity contribution in [2.24, 2.45) is 5.92 Å². The second-order valence-corrected chi connectivity index (χ2v) is 7.46. The lowest BCUT2D eigenvalue weighted by atomic mass is 10.0. The van der Waals surface area contributed by atoms with E-state index >= 15 is 0 Å². The zero-order valence-corrected chi connectivity index (χ0v) is 15.5. The summed E-state index contributed by atoms with van der Waals surface area (Å²) in [5.41, 5.74) is 0.953. The third kappa shape index (κ3) is 4.69. The van der Waals surface area contributed by atoms with Crippen molar-refractivity contribution in [2.45, 2.75) is 64.3 Å². The van der Waals surface area contributed by atoms with Crippen LogP contribution in [0, 0.1) is 5.92 Å². The van der Waals surface area contributed by atoms with Gasteiger partial charge in [0.15, 0.2) is 11.6 Å². The van der Waals surface area contributed by atoms with Crippen molar-refractivity contribution in [3.05, 3.63) is 35.9 Å². The molecule has 142 valence electrons. The fourth-order valence-electron chi connectivity index (χ4n) is 3.63. The highest BCUT2D eigenvalue weighted by atomic mass is 16.8. The van der Waals surface area contributed by atoms with E-state index in [0.717, 1.165) is 5.56 Å². The van der Waals surface area contributed by atoms with E-state index in [1.165, 1.54) is 6.92 Å². The van der Waals surface area contributed by atoms with Gasteiger partial charge in [0, 0.05) is 5.92 Å². The summed E-state index contributed by atoms with van der Waals surface area (Å²) in [5.74, 6) is -1.08. The SMILES string of the molecule is CC(=O)CO[C@H]1C[C@@H](CC(=O)OCc2ccccc2)[C@@H]2OC(C)(C)O[C@@H]21. The van der Waals surface area contributed by atoms with Crippen LogP contribution in [0.5, 0.6) is 0 Å². The first-order valence-corrected chi connectivity index (χ1v) is 9.00. The summed E-state index contributed by atoms with van der Waals surface area (Å²) in [6.07, 6.45) is 0.104. The van der Waals surface area contributed by atoms with E-state index < -0.39 is 5.79 Å². The van der Waals surface area contributed by atoms with E-state index in [1.54, 1.807) is 0 Å². The maximum Gasteiger partial charge on any atom is 0.306 e. The zero-order valence-electron chi connectivity index (χ0n) is 15.5. The number of hydrogen-bond acceptors (Lipinski definition) is 6. The van der Waals surface area contributed by atoms with Crippen LogP contribution in [0.4, 0.5) is 0 Å². The predicted octanol–water partition coefficient (Wildman–Crippen LogP) is 2.63. The molecule has 0 spiro atoms. The molecule has 1 aromatic rings. The Hall–Kier alpha value is -1.76. The summed E-state index contributed by atoms with van der Waals surface area (Å²) in [7, 11) is 0. The summed E-state index contributed by atoms with van der Waals surface area (Å²) in [5, 5.41) is 0. The van der Waals surface area contributed by atoms with Crippen LogP contribution in [0.1, 0.15) is 39.2 Å². The van der Waals surface area contributed by atoms with Crippen LogP contribution in [-0.4, -0.2) is 42.5 Å². The summed E-state index contributed by atoms with van der Waals surface area (Å²) in [6, 6.07) is 9.58. The van der Waals surface area contributed by atoms with E-state index in [2.05, 4.69) is 0 Å². The molecule has 0 amide bonds. The van der Waals surface area contributed by atoms with Gasteiger partial charge in [0.05, 0.1) is 18.6 Å². The number of carbonyl (C=O) groups is 2. The standard InChI is InChI=1S/C20H26O6/c1-13(21)11-23-16-9-15(18-19(16)26-20(2,3)25-18)10-17(22)24-12-14-7-5-4-6-8-14/h4-8,15-16,18-19H,9-12H2,1-3H3/t15-,16-,18-,19+/m0/s1. The van der Waals surface area contributed by atoms with Crippen molar-refractivity contribution in [1.82, 2.24) is 0 Å². The number of Topliss-reactive ketones (excluding diaryl/α,β-unsaturated/α-hetero) is 1. The maximum atomic E-state index is 12.3. The van der Waals surface area contributed by atoms with Crippen LogP contribution < -0.4 is 0 Å². The number of fused-ring (bicyclic) bond motifs is 1. The Balaban J connectivity index is 1.57. The van der Waals surface area contributed by atoms with Crippen LogP contribution in [0.2, 0.25) is 0 Å². The second-order valence-electron chi connectivity index (χ2n) is 7.46. The second kappa shape index (κ2) is 7.86. The van der Waals surface area contributed by atoms with Crippen molar-refractivity contribution >= 4 is 11.8 Å². The largest absolute Gasteiger partial charge is 0.461 e. The van der Waals surface area contributed by atoms with Crippen LogP contribution in [-0.2, 0) is 35.1 Å². The van der Waals surface area contributed by atoms with Crippen molar-refractivity contribution in [1.29, 1.82) is 0 Å². The average molecular weight is 362 g/mol. The van der Waals surface area contributed by atoms with Gasteiger partial charge in [0.1, 0.15) is 19.3 Å². The number of rotatable bonds is 7. The number of benzene rings is 1. The van der Waals surface area contributed by atoms with Crippen LogP contribution >= 0.6 is 0 Å². The minimum absolute atomic E-state index is 0.0366. The minimum Gasteiger partial charge on any atom is -0.461 e. The molecule has 1 aromatic carbocycles. The first-order valence-electron chi connectivity index (χ1n) is 9.00. The van der Waals surface area contributed by atoms with Crippen LogP contribution in [0.15, 0.2) is 30.3 Å². The molecule has 3 rings (SSSR count). The van der Waals surface area contributed by atoms with Crippen molar-refractivity contribution in [3.63, 3.8) is 0 Å². The Bertz CT molecular complexity index is 641. The molecule has 1 saturated heterocycles. The summed E-state index contributed by atoms with van der Waals surface area (Å²) >= 11 is 0. The number of ketones is 1. The van der Waals surface area contributed by atoms with Crippen molar-refractivity contribution in [2.75, 3.05) is 6.61 Å². The molecule has 1 heterocycles. The van der Waals surface area contributed by atoms with Crippen LogP contribution in [0.3, 0.4) is 0 Å². The smallest absolute Gasteiger partial charge is 0.306 e. The molecular formula is C20H26O6. The Morgan fingerprint density at radius 2 is 1.85 bits per heavy atom. The number of ether oxygens (including phenoxy) is 4. The first-order chi connectivity index (χ1) is 12.3. The normalized spacial score (nSPS) is 29.3. The molecule has 1 aliphatic carbocycles. The highest BCUT2D eigenvalue weighted by molar-refractivity contribution is 5.76. The van der Waals surface area contributed by atoms with Crippen molar-refractivity contribution < 1.29 is 28.5 Å². The monoisotopic (exact) mass is 362 g/mol. The van der Waals surface area contributed by atoms with E-state index in [9.17, 15) is 9.59 Å². The van der Waals surface area contributed by atoms with Gasteiger partial charge in [-0.05, 0) is 32.8 Å². The Kier molecular flexibility index (Phi) is 5.75. The summed E-state index contributed by atoms with van der Waals surface area (Å²) in [4.78, 5) is 23.5. The number of hydrogen-bond donors (Lipinski definition) is 0. The van der Waals surface area contributed by atoms with E-state index in [1.807, 2.05) is 44.2 Å². The first kappa shape index (κ1) is 19.0. The maximum absolute atomic E-state index is 12.3. The summed E-state index contributed by atoms with van der Waals surface area (Å²) in [6.45, 7) is 5.48. The molecule has 4 atom stereocenters. The van der Waals surface area contributed by atoms with Crippen molar-refractivity contribution in [3.8, 4) is 0 Å². The molecule has 6 nitrogen and oxygen atoms in total. The van der Waals surface area contributed by atoms with Gasteiger partial charge >= 0.3 is 5.97 Å². The van der Waals surface area contributed by atoms with E-state index in [0.29, 0.717) is 6.42 Å². The molecule has 1 aliphatic heterocycles. The third-order valence-corrected chi connectivity index (χ3v) is 4.70. The lowest BCUT2D eigenvalue weighted by Gasteiger charge is -2.23. The number of carbonyl (C=O) groups excluding carboxylic acids is 2. The lowest BCUT2D eigenvalue weighted by molar-refractivity contribution is -0.173. The topological polar surface area (TPSA) is 71.1 Å². The average Bonchev–Trinajstić information content (AvgIpc) is 3.06. The Labute approximate surface area is 153 Å². The fourth-order valence-corrected chi connectivity index (χ4v) is 3.63. The van der Waals surface area contributed by atoms with Crippen LogP contribution in [0.25, 0.3) is 0 Å². The molecule has 0 aromatic heterocycles. The minimum atomic E-state index is -0.722. The zero-order chi connectivity index (χ0) is 18.7. The molecule has 0 N–H and O–H groups in total. The fraction of sp³-hybridized carbons (Fsp3) is 0.600. The third-order valence-electron chi connectivity index (χ3n) is 4.70. The molecular weight excluding hydrogens is 336 g/mol. The van der Waals surface area contributed by atoms with E-state index in [-0.39, 0.29) is 55.6 Å². The molecule has 0 radical (unpaired) electrons. The lowest BCUT2D eigenvalue weighted by Crippen LogP contribution is -2.32.